The molecule has 0 radical (unpaired) electrons. The lowest BCUT2D eigenvalue weighted by atomic mass is 10.1. The third-order valence-electron chi connectivity index (χ3n) is 2.43. The maximum Gasteiger partial charge on any atom is 0.138 e. The van der Waals surface area contributed by atoms with Crippen LogP contribution in [0, 0.1) is 0 Å². The summed E-state index contributed by atoms with van der Waals surface area (Å²) in [6, 6.07) is 5.96. The average Bonchev–Trinajstić information content (AvgIpc) is 2.22. The molecule has 0 fully saturated rings. The number of nitrogens with one attached hydrogen (secondary N) is 1. The van der Waals surface area contributed by atoms with Crippen molar-refractivity contribution in [3.63, 3.8) is 0 Å². The fourth-order valence-electron chi connectivity index (χ4n) is 1.46. The molecule has 0 aliphatic carbocycles. The maximum atomic E-state index is 9.76. The number of para-hydroxylation sites is 1. The van der Waals surface area contributed by atoms with Crippen LogP contribution >= 0.6 is 15.9 Å². The molecular formula is C15H24BrNO2. The van der Waals surface area contributed by atoms with E-state index in [4.69, 9.17) is 4.74 Å². The van der Waals surface area contributed by atoms with Gasteiger partial charge in [-0.25, -0.2) is 0 Å². The van der Waals surface area contributed by atoms with Gasteiger partial charge in [-0.2, -0.15) is 0 Å². The molecule has 0 saturated heterocycles. The van der Waals surface area contributed by atoms with Crippen LogP contribution in [0.15, 0.2) is 22.7 Å². The molecule has 0 heterocycles. The maximum absolute atomic E-state index is 9.76. The predicted octanol–water partition coefficient (Wildman–Crippen LogP) is 3.49. The van der Waals surface area contributed by atoms with Gasteiger partial charge in [0.15, 0.2) is 0 Å². The van der Waals surface area contributed by atoms with Gasteiger partial charge in [0.2, 0.25) is 0 Å². The van der Waals surface area contributed by atoms with Gasteiger partial charge in [0.1, 0.15) is 12.4 Å². The molecule has 0 spiro atoms. The highest BCUT2D eigenvalue weighted by Gasteiger charge is 2.17. The van der Waals surface area contributed by atoms with Gasteiger partial charge >= 0.3 is 0 Å². The van der Waals surface area contributed by atoms with Crippen molar-refractivity contribution in [2.75, 3.05) is 6.61 Å². The van der Waals surface area contributed by atoms with Crippen molar-refractivity contribution in [1.82, 2.24) is 5.32 Å². The Bertz CT molecular complexity index is 419. The highest BCUT2D eigenvalue weighted by Crippen LogP contribution is 2.30. The molecule has 19 heavy (non-hydrogen) atoms. The van der Waals surface area contributed by atoms with Crippen LogP contribution in [0.4, 0.5) is 0 Å². The largest absolute Gasteiger partial charge is 0.489 e. The van der Waals surface area contributed by atoms with Crippen molar-refractivity contribution in [3.05, 3.63) is 28.2 Å². The quantitative estimate of drug-likeness (QED) is 0.868. The van der Waals surface area contributed by atoms with E-state index in [0.29, 0.717) is 0 Å². The van der Waals surface area contributed by atoms with Gasteiger partial charge in [0.25, 0.3) is 0 Å². The van der Waals surface area contributed by atoms with Crippen molar-refractivity contribution < 1.29 is 9.84 Å². The Morgan fingerprint density at radius 1 is 1.21 bits per heavy atom. The molecule has 3 nitrogen and oxygen atoms in total. The summed E-state index contributed by atoms with van der Waals surface area (Å²) in [6.07, 6.45) is 0. The first-order valence-electron chi connectivity index (χ1n) is 6.46. The fourth-order valence-corrected chi connectivity index (χ4v) is 1.99. The smallest absolute Gasteiger partial charge is 0.138 e. The number of halogens is 1. The topological polar surface area (TPSA) is 41.5 Å². The summed E-state index contributed by atoms with van der Waals surface area (Å²) in [5.74, 6) is 0.793. The van der Waals surface area contributed by atoms with E-state index in [-0.39, 0.29) is 12.1 Å². The van der Waals surface area contributed by atoms with Crippen molar-refractivity contribution in [2.24, 2.45) is 0 Å². The Morgan fingerprint density at radius 2 is 1.84 bits per heavy atom. The first-order chi connectivity index (χ1) is 8.58. The Morgan fingerprint density at radius 3 is 2.37 bits per heavy atom. The monoisotopic (exact) mass is 329 g/mol. The molecule has 2 N–H and O–H groups in total. The van der Waals surface area contributed by atoms with Crippen LogP contribution in [-0.4, -0.2) is 22.9 Å². The number of rotatable bonds is 5. The molecular weight excluding hydrogens is 306 g/mol. The molecule has 0 saturated carbocycles. The van der Waals surface area contributed by atoms with Gasteiger partial charge in [0, 0.05) is 17.6 Å². The van der Waals surface area contributed by atoms with Crippen LogP contribution in [-0.2, 0) is 6.54 Å². The lowest BCUT2D eigenvalue weighted by molar-refractivity contribution is 0.0278. The summed E-state index contributed by atoms with van der Waals surface area (Å²) >= 11 is 3.50. The molecule has 0 unspecified atom stereocenters. The lowest BCUT2D eigenvalue weighted by Crippen LogP contribution is -2.35. The average molecular weight is 330 g/mol. The molecule has 1 aromatic carbocycles. The van der Waals surface area contributed by atoms with Crippen molar-refractivity contribution in [1.29, 1.82) is 0 Å². The summed E-state index contributed by atoms with van der Waals surface area (Å²) in [4.78, 5) is 0. The van der Waals surface area contributed by atoms with Crippen LogP contribution in [0.25, 0.3) is 0 Å². The lowest BCUT2D eigenvalue weighted by Gasteiger charge is -2.23. The summed E-state index contributed by atoms with van der Waals surface area (Å²) < 4.78 is 6.67. The van der Waals surface area contributed by atoms with Gasteiger partial charge < -0.3 is 15.2 Å². The molecule has 4 heteroatoms. The second-order valence-corrected chi connectivity index (χ2v) is 7.29. The van der Waals surface area contributed by atoms with Gasteiger partial charge in [-0.1, -0.05) is 12.1 Å². The zero-order valence-electron chi connectivity index (χ0n) is 12.4. The van der Waals surface area contributed by atoms with E-state index in [1.807, 2.05) is 18.2 Å². The summed E-state index contributed by atoms with van der Waals surface area (Å²) in [7, 11) is 0. The number of hydrogen-bond acceptors (Lipinski definition) is 3. The molecule has 0 amide bonds. The third kappa shape index (κ3) is 6.41. The van der Waals surface area contributed by atoms with E-state index >= 15 is 0 Å². The Labute approximate surface area is 124 Å². The Hall–Kier alpha value is -0.580. The van der Waals surface area contributed by atoms with Crippen LogP contribution in [0.3, 0.4) is 0 Å². The molecule has 0 bridgehead atoms. The minimum absolute atomic E-state index is 0.0514. The Balaban J connectivity index is 2.83. The van der Waals surface area contributed by atoms with E-state index in [1.54, 1.807) is 13.8 Å². The number of hydrogen-bond donors (Lipinski definition) is 2. The van der Waals surface area contributed by atoms with Crippen LogP contribution < -0.4 is 10.1 Å². The summed E-state index contributed by atoms with van der Waals surface area (Å²) in [5.41, 5.74) is 0.286. The summed E-state index contributed by atoms with van der Waals surface area (Å²) in [5, 5.41) is 13.2. The van der Waals surface area contributed by atoms with Gasteiger partial charge in [-0.15, -0.1) is 0 Å². The van der Waals surface area contributed by atoms with E-state index < -0.39 is 5.60 Å². The standard InChI is InChI=1S/C15H24BrNO2/c1-14(2,3)17-9-11-7-6-8-12(16)13(11)19-10-15(4,5)18/h6-8,17-18H,9-10H2,1-5H3. The molecule has 0 aromatic heterocycles. The highest BCUT2D eigenvalue weighted by atomic mass is 79.9. The third-order valence-corrected chi connectivity index (χ3v) is 3.05. The second kappa shape index (κ2) is 6.25. The van der Waals surface area contributed by atoms with E-state index in [2.05, 4.69) is 42.0 Å². The van der Waals surface area contributed by atoms with Crippen molar-refractivity contribution in [2.45, 2.75) is 52.3 Å². The predicted molar refractivity (Wildman–Crippen MR) is 82.5 cm³/mol. The van der Waals surface area contributed by atoms with Crippen molar-refractivity contribution in [3.8, 4) is 5.75 Å². The molecule has 0 aliphatic rings. The summed E-state index contributed by atoms with van der Waals surface area (Å²) in [6.45, 7) is 10.8. The van der Waals surface area contributed by atoms with Crippen LogP contribution in [0.1, 0.15) is 40.2 Å². The Kier molecular flexibility index (Phi) is 5.42. The molecule has 0 atom stereocenters. The molecule has 1 aromatic rings. The van der Waals surface area contributed by atoms with Gasteiger partial charge in [-0.3, -0.25) is 0 Å². The van der Waals surface area contributed by atoms with Gasteiger partial charge in [-0.05, 0) is 56.6 Å². The van der Waals surface area contributed by atoms with Crippen molar-refractivity contribution >= 4 is 15.9 Å². The zero-order chi connectivity index (χ0) is 14.7. The van der Waals surface area contributed by atoms with Crippen LogP contribution in [0.5, 0.6) is 5.75 Å². The van der Waals surface area contributed by atoms with E-state index in [9.17, 15) is 5.11 Å². The molecule has 108 valence electrons. The minimum Gasteiger partial charge on any atom is -0.489 e. The van der Waals surface area contributed by atoms with Gasteiger partial charge in [0.05, 0.1) is 10.1 Å². The normalized spacial score (nSPS) is 12.6. The number of aliphatic hydroxyl groups is 1. The molecule has 0 aliphatic heterocycles. The highest BCUT2D eigenvalue weighted by molar-refractivity contribution is 9.10. The van der Waals surface area contributed by atoms with E-state index in [1.165, 1.54) is 0 Å². The molecule has 1 rings (SSSR count). The minimum atomic E-state index is -0.843. The fraction of sp³-hybridized carbons (Fsp3) is 0.600. The first-order valence-corrected chi connectivity index (χ1v) is 7.25. The SMILES string of the molecule is CC(C)(O)COc1c(Br)cccc1CNC(C)(C)C. The number of ether oxygens (including phenoxy) is 1. The number of benzene rings is 1. The van der Waals surface area contributed by atoms with E-state index in [0.717, 1.165) is 22.3 Å². The zero-order valence-corrected chi connectivity index (χ0v) is 14.0. The first kappa shape index (κ1) is 16.5. The van der Waals surface area contributed by atoms with Crippen LogP contribution in [0.2, 0.25) is 0 Å². The second-order valence-electron chi connectivity index (χ2n) is 6.43.